The molecule has 9 heteroatoms. The summed E-state index contributed by atoms with van der Waals surface area (Å²) in [5, 5.41) is 54.3. The summed E-state index contributed by atoms with van der Waals surface area (Å²) in [6.45, 7) is 3.75. The van der Waals surface area contributed by atoms with E-state index < -0.39 is 49.5 Å². The van der Waals surface area contributed by atoms with Crippen molar-refractivity contribution in [2.45, 2.75) is 256 Å². The Balaban J connectivity index is 2.37. The fourth-order valence-corrected chi connectivity index (χ4v) is 7.59. The molecule has 0 radical (unpaired) electrons. The molecule has 0 aromatic carbocycles. The van der Waals surface area contributed by atoms with E-state index in [-0.39, 0.29) is 12.5 Å². The zero-order valence-corrected chi connectivity index (χ0v) is 38.5. The van der Waals surface area contributed by atoms with Crippen molar-refractivity contribution < 1.29 is 39.8 Å². The first-order chi connectivity index (χ1) is 29.3. The Bertz CT molecular complexity index is 1080. The van der Waals surface area contributed by atoms with E-state index in [1.54, 1.807) is 6.08 Å². The van der Waals surface area contributed by atoms with E-state index >= 15 is 0 Å². The molecular formula is C51H93NO8. The van der Waals surface area contributed by atoms with Gasteiger partial charge in [-0.25, -0.2) is 0 Å². The third-order valence-corrected chi connectivity index (χ3v) is 11.6. The summed E-state index contributed by atoms with van der Waals surface area (Å²) >= 11 is 0. The summed E-state index contributed by atoms with van der Waals surface area (Å²) in [5.74, 6) is -0.196. The molecule has 0 aromatic rings. The number of aliphatic hydroxyl groups excluding tert-OH is 5. The maximum Gasteiger partial charge on any atom is 0.220 e. The number of nitrogens with one attached hydrogen (secondary N) is 1. The van der Waals surface area contributed by atoms with Crippen LogP contribution in [-0.4, -0.2) is 87.5 Å². The summed E-state index contributed by atoms with van der Waals surface area (Å²) in [4.78, 5) is 13.0. The van der Waals surface area contributed by atoms with Crippen molar-refractivity contribution in [3.05, 3.63) is 48.6 Å². The third-order valence-electron chi connectivity index (χ3n) is 11.6. The number of carbonyl (C=O) groups is 1. The van der Waals surface area contributed by atoms with Crippen LogP contribution in [0.2, 0.25) is 0 Å². The van der Waals surface area contributed by atoms with Crippen LogP contribution >= 0.6 is 0 Å². The highest BCUT2D eigenvalue weighted by Gasteiger charge is 2.44. The smallest absolute Gasteiger partial charge is 0.220 e. The molecule has 7 unspecified atom stereocenters. The lowest BCUT2D eigenvalue weighted by molar-refractivity contribution is -0.302. The molecule has 1 aliphatic rings. The van der Waals surface area contributed by atoms with Gasteiger partial charge >= 0.3 is 0 Å². The molecule has 350 valence electrons. The van der Waals surface area contributed by atoms with Gasteiger partial charge in [0, 0.05) is 6.42 Å². The van der Waals surface area contributed by atoms with Crippen molar-refractivity contribution in [1.82, 2.24) is 5.32 Å². The SMILES string of the molecule is CCCCCCCCC/C=C\CCCCCCCCCC(=O)NC(COC1OC(CO)C(O)C(O)C1O)C(O)/C=C/CC/C=C/CC/C=C/CCCCCCCCCCC. The van der Waals surface area contributed by atoms with Crippen molar-refractivity contribution in [2.75, 3.05) is 13.2 Å². The van der Waals surface area contributed by atoms with E-state index in [4.69, 9.17) is 9.47 Å². The molecule has 0 saturated carbocycles. The van der Waals surface area contributed by atoms with Gasteiger partial charge in [0.1, 0.15) is 24.4 Å². The third kappa shape index (κ3) is 31.1. The van der Waals surface area contributed by atoms with E-state index in [0.29, 0.717) is 6.42 Å². The van der Waals surface area contributed by atoms with Crippen LogP contribution in [0.5, 0.6) is 0 Å². The highest BCUT2D eigenvalue weighted by atomic mass is 16.7. The highest BCUT2D eigenvalue weighted by Crippen LogP contribution is 2.22. The van der Waals surface area contributed by atoms with Crippen LogP contribution in [0.3, 0.4) is 0 Å². The average Bonchev–Trinajstić information content (AvgIpc) is 3.25. The highest BCUT2D eigenvalue weighted by molar-refractivity contribution is 5.76. The van der Waals surface area contributed by atoms with Crippen LogP contribution in [-0.2, 0) is 14.3 Å². The van der Waals surface area contributed by atoms with Gasteiger partial charge in [-0.15, -0.1) is 0 Å². The standard InChI is InChI=1S/C51H93NO8/c1-3-5-7-9-11-13-15-17-19-21-23-24-26-28-30-32-34-36-38-40-45(54)44(43-59-51-50(58)49(57)48(56)46(42-53)60-51)52-47(55)41-39-37-35-33-31-29-27-25-22-20-18-16-14-12-10-8-6-4-2/h20,22-24,30,32,38,40,44-46,48-51,53-54,56-58H,3-19,21,25-29,31,33-37,39,41-43H2,1-2H3,(H,52,55)/b22-20-,24-23+,32-30+,40-38+. The fourth-order valence-electron chi connectivity index (χ4n) is 7.59. The molecule has 1 heterocycles. The summed E-state index contributed by atoms with van der Waals surface area (Å²) in [6, 6.07) is -0.830. The molecule has 60 heavy (non-hydrogen) atoms. The second-order valence-electron chi connectivity index (χ2n) is 17.2. The molecule has 0 spiro atoms. The van der Waals surface area contributed by atoms with Crippen molar-refractivity contribution in [2.24, 2.45) is 0 Å². The Morgan fingerprint density at radius 3 is 1.40 bits per heavy atom. The summed E-state index contributed by atoms with van der Waals surface area (Å²) in [5.41, 5.74) is 0. The number of hydrogen-bond donors (Lipinski definition) is 6. The first kappa shape index (κ1) is 56.2. The van der Waals surface area contributed by atoms with Crippen LogP contribution in [0.15, 0.2) is 48.6 Å². The number of amides is 1. The average molecular weight is 848 g/mol. The maximum atomic E-state index is 13.0. The molecule has 1 aliphatic heterocycles. The van der Waals surface area contributed by atoms with Crippen molar-refractivity contribution in [1.29, 1.82) is 0 Å². The number of hydrogen-bond acceptors (Lipinski definition) is 8. The number of unbranched alkanes of at least 4 members (excludes halogenated alkanes) is 25. The quantitative estimate of drug-likeness (QED) is 0.0263. The van der Waals surface area contributed by atoms with Crippen LogP contribution in [0, 0.1) is 0 Å². The van der Waals surface area contributed by atoms with Crippen molar-refractivity contribution >= 4 is 5.91 Å². The van der Waals surface area contributed by atoms with Gasteiger partial charge in [-0.2, -0.15) is 0 Å². The van der Waals surface area contributed by atoms with Gasteiger partial charge in [0.2, 0.25) is 5.91 Å². The van der Waals surface area contributed by atoms with Gasteiger partial charge in [0.15, 0.2) is 6.29 Å². The lowest BCUT2D eigenvalue weighted by Crippen LogP contribution is -2.60. The number of allylic oxidation sites excluding steroid dienone is 7. The first-order valence-electron chi connectivity index (χ1n) is 24.9. The largest absolute Gasteiger partial charge is 0.394 e. The van der Waals surface area contributed by atoms with Crippen molar-refractivity contribution in [3.63, 3.8) is 0 Å². The molecule has 6 N–H and O–H groups in total. The molecule has 1 fully saturated rings. The Labute approximate surface area is 367 Å². The Morgan fingerprint density at radius 1 is 0.550 bits per heavy atom. The lowest BCUT2D eigenvalue weighted by atomic mass is 9.99. The van der Waals surface area contributed by atoms with Crippen LogP contribution in [0.1, 0.15) is 213 Å². The minimum absolute atomic E-state index is 0.196. The summed E-state index contributed by atoms with van der Waals surface area (Å²) in [7, 11) is 0. The van der Waals surface area contributed by atoms with Crippen LogP contribution in [0.25, 0.3) is 0 Å². The lowest BCUT2D eigenvalue weighted by Gasteiger charge is -2.40. The number of ether oxygens (including phenoxy) is 2. The molecule has 0 bridgehead atoms. The minimum Gasteiger partial charge on any atom is -0.394 e. The second kappa shape index (κ2) is 41.2. The Hall–Kier alpha value is -1.85. The number of rotatable bonds is 41. The Morgan fingerprint density at radius 2 is 0.950 bits per heavy atom. The predicted molar refractivity (Wildman–Crippen MR) is 249 cm³/mol. The van der Waals surface area contributed by atoms with Gasteiger partial charge < -0.3 is 40.3 Å². The van der Waals surface area contributed by atoms with E-state index in [1.807, 2.05) is 6.08 Å². The minimum atomic E-state index is -1.58. The monoisotopic (exact) mass is 848 g/mol. The summed E-state index contributed by atoms with van der Waals surface area (Å²) in [6.07, 6.45) is 45.8. The van der Waals surface area contributed by atoms with Crippen LogP contribution in [0.4, 0.5) is 0 Å². The maximum absolute atomic E-state index is 13.0. The van der Waals surface area contributed by atoms with Gasteiger partial charge in [-0.1, -0.05) is 184 Å². The van der Waals surface area contributed by atoms with Gasteiger partial charge in [-0.3, -0.25) is 4.79 Å². The molecule has 0 aromatic heterocycles. The molecule has 1 rings (SSSR count). The molecule has 1 amide bonds. The molecule has 9 nitrogen and oxygen atoms in total. The molecule has 1 saturated heterocycles. The Kier molecular flexibility index (Phi) is 38.5. The molecular weight excluding hydrogens is 755 g/mol. The molecule has 7 atom stereocenters. The van der Waals surface area contributed by atoms with E-state index in [1.165, 1.54) is 135 Å². The van der Waals surface area contributed by atoms with E-state index in [0.717, 1.165) is 57.8 Å². The zero-order valence-electron chi connectivity index (χ0n) is 38.5. The predicted octanol–water partition coefficient (Wildman–Crippen LogP) is 11.0. The van der Waals surface area contributed by atoms with Gasteiger partial charge in [-0.05, 0) is 70.6 Å². The summed E-state index contributed by atoms with van der Waals surface area (Å²) < 4.78 is 11.2. The number of aliphatic hydroxyl groups is 5. The van der Waals surface area contributed by atoms with E-state index in [9.17, 15) is 30.3 Å². The normalized spacial score (nSPS) is 20.9. The van der Waals surface area contributed by atoms with Gasteiger partial charge in [0.25, 0.3) is 0 Å². The molecule has 0 aliphatic carbocycles. The van der Waals surface area contributed by atoms with Crippen molar-refractivity contribution in [3.8, 4) is 0 Å². The number of carbonyl (C=O) groups excluding carboxylic acids is 1. The second-order valence-corrected chi connectivity index (χ2v) is 17.2. The fraction of sp³-hybridized carbons (Fsp3) is 0.824. The van der Waals surface area contributed by atoms with Crippen LogP contribution < -0.4 is 5.32 Å². The van der Waals surface area contributed by atoms with Gasteiger partial charge in [0.05, 0.1) is 25.4 Å². The first-order valence-corrected chi connectivity index (χ1v) is 24.9. The van der Waals surface area contributed by atoms with E-state index in [2.05, 4.69) is 55.6 Å². The topological polar surface area (TPSA) is 149 Å². The zero-order chi connectivity index (χ0) is 43.7.